The molecule has 176 valence electrons. The predicted octanol–water partition coefficient (Wildman–Crippen LogP) is 6.59. The predicted molar refractivity (Wildman–Crippen MR) is 134 cm³/mol. The minimum atomic E-state index is -0.732. The molecule has 0 aliphatic carbocycles. The number of aromatic nitrogens is 1. The maximum Gasteiger partial charge on any atom is 0.309 e. The summed E-state index contributed by atoms with van der Waals surface area (Å²) in [6, 6.07) is 12.2. The lowest BCUT2D eigenvalue weighted by molar-refractivity contribution is -0.160. The summed E-state index contributed by atoms with van der Waals surface area (Å²) in [5.41, 5.74) is 4.68. The van der Waals surface area contributed by atoms with Gasteiger partial charge >= 0.3 is 5.97 Å². The molecule has 3 aromatic rings. The van der Waals surface area contributed by atoms with Gasteiger partial charge in [-0.1, -0.05) is 50.6 Å². The number of aryl methyl sites for hydroxylation is 1. The molecular weight excluding hydrogens is 482 g/mol. The summed E-state index contributed by atoms with van der Waals surface area (Å²) in [6.07, 6.45) is 1.88. The summed E-state index contributed by atoms with van der Waals surface area (Å²) in [7, 11) is 0. The highest BCUT2D eigenvalue weighted by Gasteiger charge is 2.46. The van der Waals surface area contributed by atoms with E-state index in [2.05, 4.69) is 59.9 Å². The monoisotopic (exact) mass is 513 g/mol. The molecule has 1 aliphatic rings. The number of rotatable bonds is 8. The van der Waals surface area contributed by atoms with Crippen LogP contribution in [0.2, 0.25) is 0 Å². The molecule has 0 saturated carbocycles. The van der Waals surface area contributed by atoms with Crippen LogP contribution < -0.4 is 4.74 Å². The topological polar surface area (TPSA) is 60.5 Å². The molecule has 0 fully saturated rings. The number of aromatic amines is 1. The molecule has 2 heterocycles. The van der Waals surface area contributed by atoms with Gasteiger partial charge in [-0.15, -0.1) is 0 Å². The van der Waals surface area contributed by atoms with E-state index in [1.54, 1.807) is 0 Å². The Hall–Kier alpha value is -2.31. The number of H-pyrrole nitrogens is 1. The van der Waals surface area contributed by atoms with Crippen LogP contribution >= 0.6 is 15.9 Å². The van der Waals surface area contributed by atoms with Gasteiger partial charge in [0.15, 0.2) is 0 Å². The normalized spacial score (nSPS) is 18.7. The summed E-state index contributed by atoms with van der Waals surface area (Å²) in [6.45, 7) is 9.63. The van der Waals surface area contributed by atoms with Crippen molar-refractivity contribution in [2.24, 2.45) is 5.92 Å². The van der Waals surface area contributed by atoms with Crippen LogP contribution in [0.15, 0.2) is 40.9 Å². The number of carbonyl (C=O) groups is 1. The van der Waals surface area contributed by atoms with Crippen LogP contribution in [0.3, 0.4) is 0 Å². The van der Waals surface area contributed by atoms with Gasteiger partial charge in [-0.05, 0) is 59.3 Å². The third-order valence-electron chi connectivity index (χ3n) is 6.84. The van der Waals surface area contributed by atoms with Crippen molar-refractivity contribution in [1.82, 2.24) is 4.98 Å². The van der Waals surface area contributed by atoms with E-state index in [1.165, 1.54) is 5.56 Å². The number of hydrogen-bond donors (Lipinski definition) is 1. The fourth-order valence-corrected chi connectivity index (χ4v) is 5.51. The van der Waals surface area contributed by atoms with Crippen LogP contribution in [-0.4, -0.2) is 24.2 Å². The first-order chi connectivity index (χ1) is 15.9. The van der Waals surface area contributed by atoms with Crippen molar-refractivity contribution in [1.29, 1.82) is 0 Å². The van der Waals surface area contributed by atoms with E-state index < -0.39 is 5.60 Å². The van der Waals surface area contributed by atoms with Crippen LogP contribution in [0.5, 0.6) is 5.75 Å². The summed E-state index contributed by atoms with van der Waals surface area (Å²) < 4.78 is 19.0. The Morgan fingerprint density at radius 2 is 2.03 bits per heavy atom. The summed E-state index contributed by atoms with van der Waals surface area (Å²) >= 11 is 3.80. The number of nitrogens with one attached hydrogen (secondary N) is 1. The van der Waals surface area contributed by atoms with E-state index in [9.17, 15) is 4.79 Å². The minimum absolute atomic E-state index is 0.141. The molecule has 2 atom stereocenters. The lowest BCUT2D eigenvalue weighted by Gasteiger charge is -2.41. The zero-order chi connectivity index (χ0) is 23.6. The highest BCUT2D eigenvalue weighted by Crippen LogP contribution is 2.48. The van der Waals surface area contributed by atoms with E-state index >= 15 is 0 Å². The lowest BCUT2D eigenvalue weighted by atomic mass is 9.77. The molecule has 6 heteroatoms. The first-order valence-corrected chi connectivity index (χ1v) is 12.5. The minimum Gasteiger partial charge on any atom is -0.489 e. The second-order valence-corrected chi connectivity index (χ2v) is 9.62. The second kappa shape index (κ2) is 9.90. The van der Waals surface area contributed by atoms with E-state index in [0.717, 1.165) is 50.8 Å². The Morgan fingerprint density at radius 1 is 1.27 bits per heavy atom. The highest BCUT2D eigenvalue weighted by molar-refractivity contribution is 9.10. The average molecular weight is 514 g/mol. The van der Waals surface area contributed by atoms with Crippen molar-refractivity contribution in [3.63, 3.8) is 0 Å². The number of hydrogen-bond acceptors (Lipinski definition) is 4. The molecule has 1 N–H and O–H groups in total. The van der Waals surface area contributed by atoms with Gasteiger partial charge in [-0.2, -0.15) is 0 Å². The number of carbonyl (C=O) groups excluding carboxylic acids is 1. The number of benzene rings is 2. The van der Waals surface area contributed by atoms with E-state index in [-0.39, 0.29) is 18.3 Å². The first-order valence-electron chi connectivity index (χ1n) is 11.7. The molecule has 4 rings (SSSR count). The standard InChI is InChI=1S/C27H32BrNO4/c1-5-17(3)27(15-23(30)31-6-2)26-20(12-13-33-27)24-21(28)14-22(18(4)25(24)29-26)32-16-19-10-8-7-9-11-19/h7-11,14,17,29H,5-6,12-13,15-16H2,1-4H3/t17-,27?/m0/s1. The smallest absolute Gasteiger partial charge is 0.309 e. The number of ether oxygens (including phenoxy) is 3. The van der Waals surface area contributed by atoms with Gasteiger partial charge in [0.25, 0.3) is 0 Å². The van der Waals surface area contributed by atoms with Crippen LogP contribution in [-0.2, 0) is 32.9 Å². The molecule has 0 amide bonds. The van der Waals surface area contributed by atoms with Gasteiger partial charge in [0.05, 0.1) is 30.8 Å². The third kappa shape index (κ3) is 4.43. The first kappa shape index (κ1) is 23.8. The van der Waals surface area contributed by atoms with Crippen molar-refractivity contribution < 1.29 is 19.0 Å². The molecule has 2 aromatic carbocycles. The van der Waals surface area contributed by atoms with Gasteiger partial charge in [-0.25, -0.2) is 0 Å². The Bertz CT molecular complexity index is 1140. The zero-order valence-corrected chi connectivity index (χ0v) is 21.4. The van der Waals surface area contributed by atoms with Gasteiger partial charge in [-0.3, -0.25) is 4.79 Å². The maximum absolute atomic E-state index is 12.6. The molecule has 0 spiro atoms. The van der Waals surface area contributed by atoms with Crippen molar-refractivity contribution in [3.05, 3.63) is 63.3 Å². The van der Waals surface area contributed by atoms with Crippen molar-refractivity contribution >= 4 is 32.8 Å². The fraction of sp³-hybridized carbons (Fsp3) is 0.444. The molecular formula is C27H32BrNO4. The molecule has 0 saturated heterocycles. The van der Waals surface area contributed by atoms with E-state index in [1.807, 2.05) is 25.1 Å². The SMILES string of the molecule is CCOC(=O)CC1([C@@H](C)CC)OCCc2c1[nH]c1c(C)c(OCc3ccccc3)cc(Br)c21. The number of halogens is 1. The lowest BCUT2D eigenvalue weighted by Crippen LogP contribution is -2.43. The van der Waals surface area contributed by atoms with Gasteiger partial charge in [0.1, 0.15) is 18.0 Å². The van der Waals surface area contributed by atoms with Crippen molar-refractivity contribution in [2.75, 3.05) is 13.2 Å². The van der Waals surface area contributed by atoms with Gasteiger partial charge in [0.2, 0.25) is 0 Å². The summed E-state index contributed by atoms with van der Waals surface area (Å²) in [5.74, 6) is 0.742. The fourth-order valence-electron chi connectivity index (χ4n) is 4.86. The Labute approximate surface area is 203 Å². The van der Waals surface area contributed by atoms with Crippen LogP contribution in [0.1, 0.15) is 56.0 Å². The molecule has 1 aromatic heterocycles. The number of esters is 1. The van der Waals surface area contributed by atoms with Crippen LogP contribution in [0, 0.1) is 12.8 Å². The van der Waals surface area contributed by atoms with E-state index in [0.29, 0.717) is 19.8 Å². The summed E-state index contributed by atoms with van der Waals surface area (Å²) in [5, 5.41) is 1.15. The molecule has 1 unspecified atom stereocenters. The highest BCUT2D eigenvalue weighted by atomic mass is 79.9. The van der Waals surface area contributed by atoms with Crippen LogP contribution in [0.25, 0.3) is 10.9 Å². The second-order valence-electron chi connectivity index (χ2n) is 8.76. The summed E-state index contributed by atoms with van der Waals surface area (Å²) in [4.78, 5) is 16.3. The zero-order valence-electron chi connectivity index (χ0n) is 19.8. The quantitative estimate of drug-likeness (QED) is 0.345. The Morgan fingerprint density at radius 3 is 2.73 bits per heavy atom. The maximum atomic E-state index is 12.6. The van der Waals surface area contributed by atoms with Gasteiger partial charge < -0.3 is 19.2 Å². The number of fused-ring (bicyclic) bond motifs is 3. The molecule has 33 heavy (non-hydrogen) atoms. The van der Waals surface area contributed by atoms with Crippen molar-refractivity contribution in [2.45, 2.75) is 59.2 Å². The largest absolute Gasteiger partial charge is 0.489 e. The molecule has 0 radical (unpaired) electrons. The third-order valence-corrected chi connectivity index (χ3v) is 7.46. The Kier molecular flexibility index (Phi) is 7.15. The molecule has 1 aliphatic heterocycles. The van der Waals surface area contributed by atoms with Crippen molar-refractivity contribution in [3.8, 4) is 5.75 Å². The molecule has 0 bridgehead atoms. The average Bonchev–Trinajstić information content (AvgIpc) is 3.22. The van der Waals surface area contributed by atoms with E-state index in [4.69, 9.17) is 14.2 Å². The Balaban J connectivity index is 1.79. The van der Waals surface area contributed by atoms with Gasteiger partial charge in [0, 0.05) is 15.4 Å². The van der Waals surface area contributed by atoms with Crippen LogP contribution in [0.4, 0.5) is 0 Å². The molecule has 5 nitrogen and oxygen atoms in total.